The van der Waals surface area contributed by atoms with Crippen LogP contribution in [-0.2, 0) is 15.8 Å². The molecule has 0 unspecified atom stereocenters. The number of aromatic nitrogens is 1. The van der Waals surface area contributed by atoms with Crippen molar-refractivity contribution >= 4 is 37.6 Å². The zero-order chi connectivity index (χ0) is 15.5. The minimum atomic E-state index is -3.61. The normalized spacial score (nSPS) is 11.1. The topological polar surface area (TPSA) is 96.4 Å². The number of carboxylic acids is 1. The van der Waals surface area contributed by atoms with Gasteiger partial charge in [0.2, 0.25) is 10.0 Å². The largest absolute Gasteiger partial charge is 0.478 e. The van der Waals surface area contributed by atoms with Gasteiger partial charge in [-0.2, -0.15) is 0 Å². The molecule has 0 spiro atoms. The molecular formula is C13H11BrN2O4S. The summed E-state index contributed by atoms with van der Waals surface area (Å²) in [6.07, 6.45) is 1.53. The van der Waals surface area contributed by atoms with Crippen molar-refractivity contribution in [3.05, 3.63) is 58.3 Å². The molecule has 2 rings (SSSR count). The molecule has 0 radical (unpaired) electrons. The van der Waals surface area contributed by atoms with E-state index in [1.807, 2.05) is 0 Å². The van der Waals surface area contributed by atoms with Gasteiger partial charge in [-0.25, -0.2) is 18.2 Å². The third-order valence-corrected chi connectivity index (χ3v) is 4.46. The Labute approximate surface area is 130 Å². The molecule has 1 heterocycles. The van der Waals surface area contributed by atoms with Gasteiger partial charge in [0.05, 0.1) is 17.0 Å². The Hall–Kier alpha value is -1.93. The lowest BCUT2D eigenvalue weighted by atomic mass is 10.1. The number of carboxylic acid groups (broad SMARTS) is 1. The highest BCUT2D eigenvalue weighted by Crippen LogP contribution is 2.20. The number of anilines is 1. The van der Waals surface area contributed by atoms with Crippen LogP contribution in [0.1, 0.15) is 15.9 Å². The number of pyridine rings is 1. The van der Waals surface area contributed by atoms with Crippen molar-refractivity contribution in [1.29, 1.82) is 0 Å². The second kappa shape index (κ2) is 6.23. The first kappa shape index (κ1) is 15.5. The Morgan fingerprint density at radius 1 is 1.24 bits per heavy atom. The van der Waals surface area contributed by atoms with Crippen LogP contribution < -0.4 is 4.72 Å². The van der Waals surface area contributed by atoms with Gasteiger partial charge in [-0.3, -0.25) is 4.72 Å². The molecule has 0 fully saturated rings. The zero-order valence-electron chi connectivity index (χ0n) is 10.7. The van der Waals surface area contributed by atoms with E-state index in [9.17, 15) is 13.2 Å². The molecule has 8 heteroatoms. The number of nitrogens with zero attached hydrogens (tertiary/aromatic N) is 1. The fourth-order valence-corrected chi connectivity index (χ4v) is 3.31. The van der Waals surface area contributed by atoms with Gasteiger partial charge in [-0.05, 0) is 45.8 Å². The summed E-state index contributed by atoms with van der Waals surface area (Å²) >= 11 is 3.16. The fourth-order valence-electron chi connectivity index (χ4n) is 1.63. The molecule has 0 aliphatic heterocycles. The van der Waals surface area contributed by atoms with Gasteiger partial charge in [-0.1, -0.05) is 12.1 Å². The van der Waals surface area contributed by atoms with Gasteiger partial charge in [0, 0.05) is 6.20 Å². The number of hydrogen-bond acceptors (Lipinski definition) is 4. The van der Waals surface area contributed by atoms with Crippen LogP contribution in [0, 0.1) is 0 Å². The summed E-state index contributed by atoms with van der Waals surface area (Å²) in [5.74, 6) is -1.31. The highest BCUT2D eigenvalue weighted by Gasteiger charge is 2.14. The van der Waals surface area contributed by atoms with Gasteiger partial charge in [-0.15, -0.1) is 0 Å². The van der Waals surface area contributed by atoms with E-state index in [0.29, 0.717) is 15.9 Å². The van der Waals surface area contributed by atoms with Crippen LogP contribution in [0.3, 0.4) is 0 Å². The van der Waals surface area contributed by atoms with Crippen molar-refractivity contribution in [1.82, 2.24) is 4.98 Å². The molecular weight excluding hydrogens is 360 g/mol. The average molecular weight is 371 g/mol. The number of hydrogen-bond donors (Lipinski definition) is 2. The number of aromatic carboxylic acids is 1. The first-order valence-electron chi connectivity index (χ1n) is 5.80. The minimum absolute atomic E-state index is 0.110. The summed E-state index contributed by atoms with van der Waals surface area (Å²) < 4.78 is 26.9. The number of rotatable bonds is 5. The maximum Gasteiger partial charge on any atom is 0.335 e. The molecule has 0 bridgehead atoms. The van der Waals surface area contributed by atoms with Crippen LogP contribution in [0.2, 0.25) is 0 Å². The molecule has 2 N–H and O–H groups in total. The quantitative estimate of drug-likeness (QED) is 0.788. The van der Waals surface area contributed by atoms with Crippen LogP contribution >= 0.6 is 15.9 Å². The second-order valence-electron chi connectivity index (χ2n) is 4.20. The first-order chi connectivity index (χ1) is 9.87. The standard InChI is InChI=1S/C13H11BrN2O4S/c14-12-11(2-1-7-15-12)16-21(19,20)8-9-3-5-10(6-4-9)13(17)18/h1-7,16H,8H2,(H,17,18). The van der Waals surface area contributed by atoms with E-state index in [2.05, 4.69) is 25.6 Å². The van der Waals surface area contributed by atoms with Gasteiger partial charge in [0.1, 0.15) is 4.60 Å². The van der Waals surface area contributed by atoms with E-state index < -0.39 is 16.0 Å². The van der Waals surface area contributed by atoms with Crippen LogP contribution in [-0.4, -0.2) is 24.5 Å². The molecule has 0 aliphatic carbocycles. The molecule has 0 saturated heterocycles. The Morgan fingerprint density at radius 3 is 2.48 bits per heavy atom. The van der Waals surface area contributed by atoms with E-state index >= 15 is 0 Å². The highest BCUT2D eigenvalue weighted by molar-refractivity contribution is 9.10. The zero-order valence-corrected chi connectivity index (χ0v) is 13.1. The Kier molecular flexibility index (Phi) is 4.59. The molecule has 1 aromatic carbocycles. The lowest BCUT2D eigenvalue weighted by Gasteiger charge is -2.09. The average Bonchev–Trinajstić information content (AvgIpc) is 2.41. The molecule has 6 nitrogen and oxygen atoms in total. The van der Waals surface area contributed by atoms with Gasteiger partial charge in [0.25, 0.3) is 0 Å². The van der Waals surface area contributed by atoms with Crippen molar-refractivity contribution in [2.75, 3.05) is 4.72 Å². The Bertz CT molecular complexity index is 760. The summed E-state index contributed by atoms with van der Waals surface area (Å²) in [4.78, 5) is 14.7. The third kappa shape index (κ3) is 4.27. The van der Waals surface area contributed by atoms with Gasteiger partial charge >= 0.3 is 5.97 Å². The molecule has 2 aromatic rings. The maximum absolute atomic E-state index is 12.1. The number of nitrogens with one attached hydrogen (secondary N) is 1. The van der Waals surface area contributed by atoms with Crippen molar-refractivity contribution in [2.45, 2.75) is 5.75 Å². The fraction of sp³-hybridized carbons (Fsp3) is 0.0769. The van der Waals surface area contributed by atoms with E-state index in [1.165, 1.54) is 30.5 Å². The van der Waals surface area contributed by atoms with Crippen LogP contribution in [0.5, 0.6) is 0 Å². The van der Waals surface area contributed by atoms with Gasteiger partial charge in [0.15, 0.2) is 0 Å². The highest BCUT2D eigenvalue weighted by atomic mass is 79.9. The monoisotopic (exact) mass is 370 g/mol. The van der Waals surface area contributed by atoms with Crippen LogP contribution in [0.4, 0.5) is 5.69 Å². The molecule has 0 amide bonds. The lowest BCUT2D eigenvalue weighted by Crippen LogP contribution is -2.15. The summed E-state index contributed by atoms with van der Waals surface area (Å²) in [7, 11) is -3.61. The first-order valence-corrected chi connectivity index (χ1v) is 8.25. The van der Waals surface area contributed by atoms with Crippen molar-refractivity contribution in [3.63, 3.8) is 0 Å². The smallest absolute Gasteiger partial charge is 0.335 e. The Morgan fingerprint density at radius 2 is 1.90 bits per heavy atom. The number of benzene rings is 1. The molecule has 0 atom stereocenters. The van der Waals surface area contributed by atoms with E-state index in [-0.39, 0.29) is 11.3 Å². The maximum atomic E-state index is 12.1. The van der Waals surface area contributed by atoms with Crippen LogP contribution in [0.25, 0.3) is 0 Å². The van der Waals surface area contributed by atoms with Gasteiger partial charge < -0.3 is 5.11 Å². The summed E-state index contributed by atoms with van der Waals surface area (Å²) in [6, 6.07) is 8.88. The minimum Gasteiger partial charge on any atom is -0.478 e. The van der Waals surface area contributed by atoms with Crippen molar-refractivity contribution < 1.29 is 18.3 Å². The molecule has 0 saturated carbocycles. The molecule has 0 aliphatic rings. The number of sulfonamides is 1. The predicted molar refractivity (Wildman–Crippen MR) is 81.6 cm³/mol. The van der Waals surface area contributed by atoms with Crippen molar-refractivity contribution in [3.8, 4) is 0 Å². The van der Waals surface area contributed by atoms with Crippen LogP contribution in [0.15, 0.2) is 47.2 Å². The van der Waals surface area contributed by atoms with E-state index in [4.69, 9.17) is 5.11 Å². The Balaban J connectivity index is 2.14. The van der Waals surface area contributed by atoms with Crippen molar-refractivity contribution in [2.24, 2.45) is 0 Å². The summed E-state index contributed by atoms with van der Waals surface area (Å²) in [5.41, 5.74) is 0.950. The number of carbonyl (C=O) groups is 1. The molecule has 110 valence electrons. The SMILES string of the molecule is O=C(O)c1ccc(CS(=O)(=O)Nc2cccnc2Br)cc1. The summed E-state index contributed by atoms with van der Waals surface area (Å²) in [5, 5.41) is 8.79. The lowest BCUT2D eigenvalue weighted by molar-refractivity contribution is 0.0697. The van der Waals surface area contributed by atoms with E-state index in [0.717, 1.165) is 0 Å². The molecule has 21 heavy (non-hydrogen) atoms. The number of halogens is 1. The second-order valence-corrected chi connectivity index (χ2v) is 6.68. The predicted octanol–water partition coefficient (Wildman–Crippen LogP) is 2.48. The third-order valence-electron chi connectivity index (χ3n) is 2.58. The molecule has 1 aromatic heterocycles. The van der Waals surface area contributed by atoms with E-state index in [1.54, 1.807) is 12.1 Å². The summed E-state index contributed by atoms with van der Waals surface area (Å²) in [6.45, 7) is 0.